The van der Waals surface area contributed by atoms with E-state index in [2.05, 4.69) is 46.6 Å². The number of alkyl carbamates (subject to hydrolysis) is 1. The smallest absolute Gasteiger partial charge is 0.407 e. The fourth-order valence-corrected chi connectivity index (χ4v) is 3.12. The third kappa shape index (κ3) is 11.3. The Labute approximate surface area is 188 Å². The van der Waals surface area contributed by atoms with E-state index in [0.717, 1.165) is 31.9 Å². The lowest BCUT2D eigenvalue weighted by atomic mass is 10.0. The topological polar surface area (TPSA) is 78.0 Å². The van der Waals surface area contributed by atoms with Gasteiger partial charge in [0, 0.05) is 32.7 Å². The van der Waals surface area contributed by atoms with Gasteiger partial charge in [-0.2, -0.15) is 0 Å². The maximum absolute atomic E-state index is 12.1. The zero-order valence-corrected chi connectivity index (χ0v) is 21.1. The summed E-state index contributed by atoms with van der Waals surface area (Å²) in [6, 6.07) is 0.408. The summed E-state index contributed by atoms with van der Waals surface area (Å²) in [6.07, 6.45) is 3.09. The van der Waals surface area contributed by atoms with Crippen molar-refractivity contribution in [1.29, 1.82) is 0 Å². The Balaban J connectivity index is 0.00000729. The van der Waals surface area contributed by atoms with Crippen LogP contribution < -0.4 is 16.0 Å². The Kier molecular flexibility index (Phi) is 13.1. The van der Waals surface area contributed by atoms with Gasteiger partial charge in [0.15, 0.2) is 5.96 Å². The van der Waals surface area contributed by atoms with Crippen LogP contribution in [0.25, 0.3) is 0 Å². The Hall–Kier alpha value is -0.770. The van der Waals surface area contributed by atoms with Crippen LogP contribution in [0, 0.1) is 5.92 Å². The van der Waals surface area contributed by atoms with Crippen LogP contribution in [0.5, 0.6) is 0 Å². The molecule has 0 bridgehead atoms. The third-order valence-electron chi connectivity index (χ3n) is 4.69. The molecule has 7 nitrogen and oxygen atoms in total. The van der Waals surface area contributed by atoms with Gasteiger partial charge in [-0.1, -0.05) is 20.8 Å². The van der Waals surface area contributed by atoms with Crippen molar-refractivity contribution in [1.82, 2.24) is 20.9 Å². The van der Waals surface area contributed by atoms with Gasteiger partial charge in [-0.25, -0.2) is 4.79 Å². The molecule has 0 aliphatic carbocycles. The molecule has 1 saturated heterocycles. The van der Waals surface area contributed by atoms with Crippen molar-refractivity contribution in [2.75, 3.05) is 33.2 Å². The molecular formula is C20H42IN5O2. The number of rotatable bonds is 7. The van der Waals surface area contributed by atoms with Crippen LogP contribution in [-0.4, -0.2) is 67.9 Å². The van der Waals surface area contributed by atoms with Crippen molar-refractivity contribution < 1.29 is 9.53 Å². The molecule has 1 heterocycles. The number of carbonyl (C=O) groups is 1. The highest BCUT2D eigenvalue weighted by atomic mass is 127. The quantitative estimate of drug-likeness (QED) is 0.278. The monoisotopic (exact) mass is 511 g/mol. The average Bonchev–Trinajstić information content (AvgIpc) is 2.57. The second-order valence-corrected chi connectivity index (χ2v) is 8.71. The standard InChI is InChI=1S/C20H41N5O2.HI/c1-8-11-25-12-9-16(10-13-25)23-18(21-7)22-14-17(15(2)3)24-19(26)27-20(4,5)6;/h15-17H,8-14H2,1-7H3,(H,24,26)(H2,21,22,23);1H. The molecule has 0 aromatic carbocycles. The zero-order chi connectivity index (χ0) is 20.4. The number of hydrogen-bond acceptors (Lipinski definition) is 4. The van der Waals surface area contributed by atoms with Crippen LogP contribution in [0.1, 0.15) is 60.8 Å². The van der Waals surface area contributed by atoms with Gasteiger partial charge in [-0.15, -0.1) is 24.0 Å². The number of ether oxygens (including phenoxy) is 1. The molecule has 28 heavy (non-hydrogen) atoms. The molecule has 1 aliphatic rings. The minimum atomic E-state index is -0.497. The predicted molar refractivity (Wildman–Crippen MR) is 128 cm³/mol. The third-order valence-corrected chi connectivity index (χ3v) is 4.69. The molecule has 0 spiro atoms. The van der Waals surface area contributed by atoms with Gasteiger partial charge in [-0.05, 0) is 52.5 Å². The van der Waals surface area contributed by atoms with E-state index in [1.54, 1.807) is 7.05 Å². The summed E-state index contributed by atoms with van der Waals surface area (Å²) in [5.74, 6) is 1.07. The Morgan fingerprint density at radius 1 is 1.25 bits per heavy atom. The number of nitrogens with one attached hydrogen (secondary N) is 3. The summed E-state index contributed by atoms with van der Waals surface area (Å²) in [4.78, 5) is 18.9. The second-order valence-electron chi connectivity index (χ2n) is 8.71. The summed E-state index contributed by atoms with van der Waals surface area (Å²) < 4.78 is 5.37. The van der Waals surface area contributed by atoms with Gasteiger partial charge in [-0.3, -0.25) is 4.99 Å². The van der Waals surface area contributed by atoms with E-state index in [1.807, 2.05) is 20.8 Å². The Bertz CT molecular complexity index is 472. The van der Waals surface area contributed by atoms with Crippen molar-refractivity contribution in [3.63, 3.8) is 0 Å². The molecule has 8 heteroatoms. The summed E-state index contributed by atoms with van der Waals surface area (Å²) >= 11 is 0. The first kappa shape index (κ1) is 27.2. The fourth-order valence-electron chi connectivity index (χ4n) is 3.12. The van der Waals surface area contributed by atoms with Gasteiger partial charge in [0.1, 0.15) is 5.60 Å². The molecule has 1 atom stereocenters. The van der Waals surface area contributed by atoms with Gasteiger partial charge >= 0.3 is 6.09 Å². The molecule has 1 unspecified atom stereocenters. The molecule has 1 aliphatic heterocycles. The molecule has 0 aromatic rings. The number of halogens is 1. The largest absolute Gasteiger partial charge is 0.444 e. The first-order chi connectivity index (χ1) is 12.6. The van der Waals surface area contributed by atoms with Crippen LogP contribution >= 0.6 is 24.0 Å². The van der Waals surface area contributed by atoms with E-state index in [0.29, 0.717) is 12.6 Å². The molecule has 1 fully saturated rings. The van der Waals surface area contributed by atoms with Gasteiger partial charge in [0.2, 0.25) is 0 Å². The highest BCUT2D eigenvalue weighted by molar-refractivity contribution is 14.0. The summed E-state index contributed by atoms with van der Waals surface area (Å²) in [5.41, 5.74) is -0.497. The maximum atomic E-state index is 12.1. The minimum absolute atomic E-state index is 0. The SMILES string of the molecule is CCCN1CCC(NC(=NC)NCC(NC(=O)OC(C)(C)C)C(C)C)CC1.I. The number of nitrogens with zero attached hydrogens (tertiary/aromatic N) is 2. The van der Waals surface area contributed by atoms with Crippen LogP contribution in [-0.2, 0) is 4.74 Å². The molecule has 0 aromatic heterocycles. The number of aliphatic imine (C=N–C) groups is 1. The lowest BCUT2D eigenvalue weighted by Crippen LogP contribution is -2.53. The Morgan fingerprint density at radius 2 is 1.86 bits per heavy atom. The maximum Gasteiger partial charge on any atom is 0.407 e. The van der Waals surface area contributed by atoms with E-state index < -0.39 is 5.60 Å². The highest BCUT2D eigenvalue weighted by Crippen LogP contribution is 2.11. The first-order valence-electron chi connectivity index (χ1n) is 10.3. The normalized spacial score (nSPS) is 17.6. The van der Waals surface area contributed by atoms with Crippen LogP contribution in [0.3, 0.4) is 0 Å². The predicted octanol–water partition coefficient (Wildman–Crippen LogP) is 3.19. The summed E-state index contributed by atoms with van der Waals surface area (Å²) in [6.45, 7) is 16.1. The summed E-state index contributed by atoms with van der Waals surface area (Å²) in [7, 11) is 1.78. The van der Waals surface area contributed by atoms with Gasteiger partial charge < -0.3 is 25.6 Å². The number of hydrogen-bond donors (Lipinski definition) is 3. The van der Waals surface area contributed by atoms with E-state index in [-0.39, 0.29) is 42.0 Å². The van der Waals surface area contributed by atoms with E-state index in [1.165, 1.54) is 13.0 Å². The van der Waals surface area contributed by atoms with E-state index >= 15 is 0 Å². The summed E-state index contributed by atoms with van der Waals surface area (Å²) in [5, 5.41) is 9.84. The molecule has 3 N–H and O–H groups in total. The number of carbonyl (C=O) groups excluding carboxylic acids is 1. The van der Waals surface area contributed by atoms with Crippen molar-refractivity contribution in [3.8, 4) is 0 Å². The van der Waals surface area contributed by atoms with E-state index in [4.69, 9.17) is 4.74 Å². The number of amides is 1. The molecular weight excluding hydrogens is 469 g/mol. The van der Waals surface area contributed by atoms with Crippen LogP contribution in [0.15, 0.2) is 4.99 Å². The number of piperidine rings is 1. The second kappa shape index (κ2) is 13.5. The lowest BCUT2D eigenvalue weighted by Gasteiger charge is -2.33. The minimum Gasteiger partial charge on any atom is -0.444 e. The van der Waals surface area contributed by atoms with Crippen molar-refractivity contribution in [3.05, 3.63) is 0 Å². The Morgan fingerprint density at radius 3 is 2.32 bits per heavy atom. The van der Waals surface area contributed by atoms with Crippen molar-refractivity contribution in [2.45, 2.75) is 78.5 Å². The van der Waals surface area contributed by atoms with E-state index in [9.17, 15) is 4.79 Å². The van der Waals surface area contributed by atoms with Gasteiger partial charge in [0.05, 0.1) is 6.04 Å². The van der Waals surface area contributed by atoms with Gasteiger partial charge in [0.25, 0.3) is 0 Å². The highest BCUT2D eigenvalue weighted by Gasteiger charge is 2.23. The number of likely N-dealkylation sites (tertiary alicyclic amines) is 1. The van der Waals surface area contributed by atoms with Crippen LogP contribution in [0.2, 0.25) is 0 Å². The van der Waals surface area contributed by atoms with Crippen molar-refractivity contribution in [2.24, 2.45) is 10.9 Å². The lowest BCUT2D eigenvalue weighted by molar-refractivity contribution is 0.0491. The fraction of sp³-hybridized carbons (Fsp3) is 0.900. The molecule has 1 amide bonds. The molecule has 1 rings (SSSR count). The van der Waals surface area contributed by atoms with Crippen LogP contribution in [0.4, 0.5) is 4.79 Å². The average molecular weight is 511 g/mol. The number of guanidine groups is 1. The molecule has 0 saturated carbocycles. The molecule has 0 radical (unpaired) electrons. The van der Waals surface area contributed by atoms with Crippen molar-refractivity contribution >= 4 is 36.0 Å². The first-order valence-corrected chi connectivity index (χ1v) is 10.3. The molecule has 166 valence electrons. The zero-order valence-electron chi connectivity index (χ0n) is 18.8.